The molecule has 2 heterocycles. The number of hydrogen-bond acceptors (Lipinski definition) is 3. The Labute approximate surface area is 149 Å². The van der Waals surface area contributed by atoms with E-state index in [2.05, 4.69) is 48.4 Å². The second-order valence-electron chi connectivity index (χ2n) is 7.97. The zero-order chi connectivity index (χ0) is 18.0. The molecule has 5 heteroatoms. The third-order valence-corrected chi connectivity index (χ3v) is 4.84. The topological polar surface area (TPSA) is 61.0 Å². The van der Waals surface area contributed by atoms with Crippen LogP contribution in [0, 0.1) is 0 Å². The van der Waals surface area contributed by atoms with Gasteiger partial charge in [-0.3, -0.25) is 9.89 Å². The van der Waals surface area contributed by atoms with Crippen LogP contribution in [-0.4, -0.2) is 41.1 Å². The molecule has 0 saturated carbocycles. The first kappa shape index (κ1) is 17.7. The molecule has 1 aliphatic heterocycles. The average Bonchev–Trinajstić information content (AvgIpc) is 3.25. The highest BCUT2D eigenvalue weighted by Crippen LogP contribution is 2.27. The Bertz CT molecular complexity index is 738. The van der Waals surface area contributed by atoms with Crippen molar-refractivity contribution in [3.05, 3.63) is 52.8 Å². The first-order valence-corrected chi connectivity index (χ1v) is 8.96. The minimum absolute atomic E-state index is 0.000592. The Hall–Kier alpha value is -2.14. The maximum atomic E-state index is 13.0. The fourth-order valence-corrected chi connectivity index (χ4v) is 3.33. The van der Waals surface area contributed by atoms with Crippen LogP contribution in [-0.2, 0) is 12.0 Å². The molecule has 2 aromatic rings. The lowest BCUT2D eigenvalue weighted by Crippen LogP contribution is -2.28. The van der Waals surface area contributed by atoms with E-state index in [4.69, 9.17) is 0 Å². The molecule has 1 unspecified atom stereocenters. The number of aromatic nitrogens is 2. The molecular formula is C20H28N4O. The van der Waals surface area contributed by atoms with E-state index in [-0.39, 0.29) is 11.3 Å². The van der Waals surface area contributed by atoms with E-state index in [0.717, 1.165) is 42.0 Å². The molecule has 1 aromatic heterocycles. The molecule has 0 radical (unpaired) electrons. The first-order valence-electron chi connectivity index (χ1n) is 8.96. The summed E-state index contributed by atoms with van der Waals surface area (Å²) in [7, 11) is 1.85. The molecule has 1 fully saturated rings. The lowest BCUT2D eigenvalue weighted by atomic mass is 9.92. The Morgan fingerprint density at radius 3 is 2.72 bits per heavy atom. The standard InChI is InChI=1S/C20H28N4O/c1-20(2,3)18-11-15(22-23-18)13-24(4)19(25)17-8-6-5-7-16(17)14-9-10-21-12-14/h5-8,11,14,21H,9-10,12-13H2,1-4H3,(H,22,23). The van der Waals surface area contributed by atoms with Crippen molar-refractivity contribution in [2.24, 2.45) is 0 Å². The van der Waals surface area contributed by atoms with Crippen LogP contribution in [0.3, 0.4) is 0 Å². The van der Waals surface area contributed by atoms with Crippen molar-refractivity contribution in [2.45, 2.75) is 45.1 Å². The minimum atomic E-state index is -0.000592. The monoisotopic (exact) mass is 340 g/mol. The van der Waals surface area contributed by atoms with Crippen molar-refractivity contribution in [1.29, 1.82) is 0 Å². The molecule has 1 amide bonds. The highest BCUT2D eigenvalue weighted by Gasteiger charge is 2.24. The van der Waals surface area contributed by atoms with E-state index in [1.165, 1.54) is 0 Å². The lowest BCUT2D eigenvalue weighted by Gasteiger charge is -2.20. The highest BCUT2D eigenvalue weighted by atomic mass is 16.2. The SMILES string of the molecule is CN(Cc1cc(C(C)(C)C)n[nH]1)C(=O)c1ccccc1C1CCNC1. The Morgan fingerprint density at radius 2 is 2.08 bits per heavy atom. The van der Waals surface area contributed by atoms with Gasteiger partial charge >= 0.3 is 0 Å². The average molecular weight is 340 g/mol. The van der Waals surface area contributed by atoms with Crippen LogP contribution in [0.4, 0.5) is 0 Å². The normalized spacial score (nSPS) is 17.7. The van der Waals surface area contributed by atoms with Crippen molar-refractivity contribution in [2.75, 3.05) is 20.1 Å². The number of benzene rings is 1. The predicted octanol–water partition coefficient (Wildman–Crippen LogP) is 3.06. The Morgan fingerprint density at radius 1 is 1.32 bits per heavy atom. The summed E-state index contributed by atoms with van der Waals surface area (Å²) in [5.74, 6) is 0.489. The highest BCUT2D eigenvalue weighted by molar-refractivity contribution is 5.95. The van der Waals surface area contributed by atoms with Crippen molar-refractivity contribution >= 4 is 5.91 Å². The molecule has 0 bridgehead atoms. The second kappa shape index (κ2) is 7.00. The number of carbonyl (C=O) groups is 1. The Kier molecular flexibility index (Phi) is 4.95. The van der Waals surface area contributed by atoms with E-state index >= 15 is 0 Å². The third kappa shape index (κ3) is 3.93. The summed E-state index contributed by atoms with van der Waals surface area (Å²) in [6.07, 6.45) is 1.09. The van der Waals surface area contributed by atoms with Crippen molar-refractivity contribution in [1.82, 2.24) is 20.4 Å². The number of carbonyl (C=O) groups excluding carboxylic acids is 1. The number of nitrogens with zero attached hydrogens (tertiary/aromatic N) is 2. The van der Waals surface area contributed by atoms with Gasteiger partial charge in [-0.1, -0.05) is 39.0 Å². The van der Waals surface area contributed by atoms with Gasteiger partial charge in [-0.2, -0.15) is 5.10 Å². The summed E-state index contributed by atoms with van der Waals surface area (Å²) < 4.78 is 0. The molecule has 3 rings (SSSR count). The van der Waals surface area contributed by atoms with Crippen LogP contribution in [0.25, 0.3) is 0 Å². The number of H-pyrrole nitrogens is 1. The fraction of sp³-hybridized carbons (Fsp3) is 0.500. The predicted molar refractivity (Wildman–Crippen MR) is 99.8 cm³/mol. The number of rotatable bonds is 4. The zero-order valence-electron chi connectivity index (χ0n) is 15.6. The van der Waals surface area contributed by atoms with Gasteiger partial charge in [-0.25, -0.2) is 0 Å². The molecule has 0 spiro atoms. The van der Waals surface area contributed by atoms with Crippen molar-refractivity contribution < 1.29 is 4.79 Å². The third-order valence-electron chi connectivity index (χ3n) is 4.84. The number of aromatic amines is 1. The van der Waals surface area contributed by atoms with Gasteiger partial charge in [0.1, 0.15) is 0 Å². The summed E-state index contributed by atoms with van der Waals surface area (Å²) in [5, 5.41) is 10.8. The molecule has 5 nitrogen and oxygen atoms in total. The summed E-state index contributed by atoms with van der Waals surface area (Å²) >= 11 is 0. The lowest BCUT2D eigenvalue weighted by molar-refractivity contribution is 0.0782. The maximum Gasteiger partial charge on any atom is 0.254 e. The van der Waals surface area contributed by atoms with Crippen LogP contribution >= 0.6 is 0 Å². The molecular weight excluding hydrogens is 312 g/mol. The quantitative estimate of drug-likeness (QED) is 0.899. The molecule has 0 aliphatic carbocycles. The summed E-state index contributed by atoms with van der Waals surface area (Å²) in [6, 6.07) is 10.1. The summed E-state index contributed by atoms with van der Waals surface area (Å²) in [4.78, 5) is 14.8. The molecule has 1 atom stereocenters. The zero-order valence-corrected chi connectivity index (χ0v) is 15.6. The minimum Gasteiger partial charge on any atom is -0.336 e. The van der Waals surface area contributed by atoms with Crippen LogP contribution < -0.4 is 5.32 Å². The summed E-state index contributed by atoms with van der Waals surface area (Å²) in [6.45, 7) is 8.89. The fourth-order valence-electron chi connectivity index (χ4n) is 3.33. The van der Waals surface area contributed by atoms with Gasteiger partial charge in [-0.15, -0.1) is 0 Å². The van der Waals surface area contributed by atoms with Gasteiger partial charge in [0.05, 0.1) is 17.9 Å². The van der Waals surface area contributed by atoms with Gasteiger partial charge in [0, 0.05) is 24.6 Å². The summed E-state index contributed by atoms with van der Waals surface area (Å²) in [5.41, 5.74) is 3.94. The van der Waals surface area contributed by atoms with Gasteiger partial charge in [0.25, 0.3) is 5.91 Å². The van der Waals surface area contributed by atoms with E-state index in [1.807, 2.05) is 25.2 Å². The first-order chi connectivity index (χ1) is 11.9. The number of nitrogens with one attached hydrogen (secondary N) is 2. The second-order valence-corrected chi connectivity index (χ2v) is 7.97. The van der Waals surface area contributed by atoms with E-state index in [9.17, 15) is 4.79 Å². The molecule has 2 N–H and O–H groups in total. The Balaban J connectivity index is 1.76. The number of hydrogen-bond donors (Lipinski definition) is 2. The maximum absolute atomic E-state index is 13.0. The van der Waals surface area contributed by atoms with Crippen molar-refractivity contribution in [3.63, 3.8) is 0 Å². The van der Waals surface area contributed by atoms with Crippen molar-refractivity contribution in [3.8, 4) is 0 Å². The van der Waals surface area contributed by atoms with Gasteiger partial charge in [0.2, 0.25) is 0 Å². The van der Waals surface area contributed by atoms with Crippen LogP contribution in [0.1, 0.15) is 60.4 Å². The smallest absolute Gasteiger partial charge is 0.254 e. The van der Waals surface area contributed by atoms with Crippen LogP contribution in [0.15, 0.2) is 30.3 Å². The molecule has 25 heavy (non-hydrogen) atoms. The van der Waals surface area contributed by atoms with E-state index in [0.29, 0.717) is 12.5 Å². The van der Waals surface area contributed by atoms with Crippen LogP contribution in [0.5, 0.6) is 0 Å². The molecule has 1 aromatic carbocycles. The van der Waals surface area contributed by atoms with Gasteiger partial charge in [-0.05, 0) is 36.6 Å². The van der Waals surface area contributed by atoms with E-state index < -0.39 is 0 Å². The largest absolute Gasteiger partial charge is 0.336 e. The van der Waals surface area contributed by atoms with E-state index in [1.54, 1.807) is 4.90 Å². The van der Waals surface area contributed by atoms with Gasteiger partial charge < -0.3 is 10.2 Å². The van der Waals surface area contributed by atoms with Gasteiger partial charge in [0.15, 0.2) is 0 Å². The molecule has 1 aliphatic rings. The molecule has 134 valence electrons. The number of amides is 1. The molecule has 1 saturated heterocycles. The van der Waals surface area contributed by atoms with Crippen LogP contribution in [0.2, 0.25) is 0 Å².